The molecule has 1 saturated heterocycles. The van der Waals surface area contributed by atoms with Gasteiger partial charge in [0, 0.05) is 32.7 Å². The van der Waals surface area contributed by atoms with Gasteiger partial charge in [0.1, 0.15) is 0 Å². The van der Waals surface area contributed by atoms with Gasteiger partial charge in [-0.1, -0.05) is 40.0 Å². The van der Waals surface area contributed by atoms with Gasteiger partial charge in [-0.2, -0.15) is 0 Å². The number of amides is 1. The summed E-state index contributed by atoms with van der Waals surface area (Å²) in [4.78, 5) is 16.4. The smallest absolute Gasteiger partial charge is 0.236 e. The van der Waals surface area contributed by atoms with Crippen molar-refractivity contribution in [3.8, 4) is 0 Å². The third-order valence-electron chi connectivity index (χ3n) is 4.19. The molecule has 0 spiro atoms. The number of carbonyl (C=O) groups is 1. The first-order valence-electron chi connectivity index (χ1n) is 8.11. The summed E-state index contributed by atoms with van der Waals surface area (Å²) in [5, 5.41) is 3.36. The van der Waals surface area contributed by atoms with Crippen molar-refractivity contribution >= 4 is 5.91 Å². The molecule has 0 bridgehead atoms. The van der Waals surface area contributed by atoms with Gasteiger partial charge in [-0.15, -0.1) is 0 Å². The predicted octanol–water partition coefficient (Wildman–Crippen LogP) is 1.96. The predicted molar refractivity (Wildman–Crippen MR) is 84.9 cm³/mol. The first-order chi connectivity index (χ1) is 9.44. The number of piperazine rings is 1. The van der Waals surface area contributed by atoms with Crippen LogP contribution in [0, 0.1) is 5.41 Å². The van der Waals surface area contributed by atoms with E-state index in [0.717, 1.165) is 32.7 Å². The minimum atomic E-state index is 0.252. The first-order valence-corrected chi connectivity index (χ1v) is 8.11. The van der Waals surface area contributed by atoms with Crippen LogP contribution in [0.25, 0.3) is 0 Å². The number of hydrogen-bond donors (Lipinski definition) is 1. The van der Waals surface area contributed by atoms with Crippen LogP contribution in [0.4, 0.5) is 0 Å². The fraction of sp³-hybridized carbons (Fsp3) is 0.938. The number of likely N-dealkylation sites (N-methyl/N-ethyl adjacent to an activating group) is 1. The molecule has 1 N–H and O–H groups in total. The average Bonchev–Trinajstić information content (AvgIpc) is 2.39. The summed E-state index contributed by atoms with van der Waals surface area (Å²) in [6.45, 7) is 12.0. The van der Waals surface area contributed by atoms with E-state index in [9.17, 15) is 4.79 Å². The van der Waals surface area contributed by atoms with Crippen LogP contribution in [0.1, 0.15) is 46.5 Å². The van der Waals surface area contributed by atoms with E-state index in [4.69, 9.17) is 0 Å². The fourth-order valence-electron chi connectivity index (χ4n) is 2.62. The van der Waals surface area contributed by atoms with E-state index in [1.165, 1.54) is 25.7 Å². The Bertz CT molecular complexity index is 283. The zero-order valence-corrected chi connectivity index (χ0v) is 13.9. The molecule has 0 saturated carbocycles. The van der Waals surface area contributed by atoms with E-state index >= 15 is 0 Å². The number of carbonyl (C=O) groups excluding carboxylic acids is 1. The average molecular weight is 283 g/mol. The largest absolute Gasteiger partial charge is 0.339 e. The van der Waals surface area contributed by atoms with Gasteiger partial charge in [0.15, 0.2) is 0 Å². The van der Waals surface area contributed by atoms with Gasteiger partial charge in [-0.25, -0.2) is 0 Å². The second-order valence-electron chi connectivity index (χ2n) is 6.91. The van der Waals surface area contributed by atoms with Gasteiger partial charge in [-0.3, -0.25) is 4.79 Å². The van der Waals surface area contributed by atoms with Crippen LogP contribution < -0.4 is 5.32 Å². The van der Waals surface area contributed by atoms with Gasteiger partial charge >= 0.3 is 0 Å². The van der Waals surface area contributed by atoms with Crippen LogP contribution in [-0.4, -0.2) is 62.0 Å². The highest BCUT2D eigenvalue weighted by molar-refractivity contribution is 5.78. The molecule has 1 rings (SSSR count). The van der Waals surface area contributed by atoms with E-state index < -0.39 is 0 Å². The second-order valence-corrected chi connectivity index (χ2v) is 6.91. The Balaban J connectivity index is 2.17. The van der Waals surface area contributed by atoms with Crippen LogP contribution in [0.2, 0.25) is 0 Å². The molecule has 1 aliphatic rings. The Labute approximate surface area is 124 Å². The van der Waals surface area contributed by atoms with E-state index in [0.29, 0.717) is 6.54 Å². The zero-order chi connectivity index (χ0) is 15.0. The summed E-state index contributed by atoms with van der Waals surface area (Å²) in [5.41, 5.74) is 0.289. The number of hydrogen-bond acceptors (Lipinski definition) is 3. The molecule has 1 aliphatic heterocycles. The van der Waals surface area contributed by atoms with E-state index in [1.54, 1.807) is 0 Å². The molecule has 4 heteroatoms. The number of nitrogens with zero attached hydrogens (tertiary/aromatic N) is 2. The molecule has 0 aromatic carbocycles. The molecule has 0 unspecified atom stereocenters. The maximum Gasteiger partial charge on any atom is 0.236 e. The molecule has 118 valence electrons. The molecular formula is C16H33N3O. The molecule has 0 atom stereocenters. The lowest BCUT2D eigenvalue weighted by Crippen LogP contribution is -2.50. The van der Waals surface area contributed by atoms with Gasteiger partial charge < -0.3 is 15.1 Å². The minimum absolute atomic E-state index is 0.252. The molecule has 0 aromatic rings. The highest BCUT2D eigenvalue weighted by Crippen LogP contribution is 2.22. The molecule has 1 fully saturated rings. The summed E-state index contributed by atoms with van der Waals surface area (Å²) in [5.74, 6) is 0.252. The van der Waals surface area contributed by atoms with Crippen LogP contribution in [0.5, 0.6) is 0 Å². The fourth-order valence-corrected chi connectivity index (χ4v) is 2.62. The Kier molecular flexibility index (Phi) is 7.52. The number of rotatable bonds is 8. The monoisotopic (exact) mass is 283 g/mol. The Morgan fingerprint density at radius 2 is 1.80 bits per heavy atom. The van der Waals surface area contributed by atoms with Gasteiger partial charge in [0.05, 0.1) is 6.54 Å². The topological polar surface area (TPSA) is 35.6 Å². The standard InChI is InChI=1S/C16H33N3O/c1-5-6-7-8-16(2,3)14-17-13-15(20)19-11-9-18(4)10-12-19/h17H,5-14H2,1-4H3. The summed E-state index contributed by atoms with van der Waals surface area (Å²) >= 11 is 0. The molecule has 20 heavy (non-hydrogen) atoms. The number of unbranched alkanes of at least 4 members (excludes halogenated alkanes) is 2. The van der Waals surface area contributed by atoms with Crippen molar-refractivity contribution in [3.05, 3.63) is 0 Å². The lowest BCUT2D eigenvalue weighted by Gasteiger charge is -2.33. The zero-order valence-electron chi connectivity index (χ0n) is 13.9. The molecule has 0 aliphatic carbocycles. The minimum Gasteiger partial charge on any atom is -0.339 e. The Hall–Kier alpha value is -0.610. The first kappa shape index (κ1) is 17.4. The van der Waals surface area contributed by atoms with Crippen molar-refractivity contribution < 1.29 is 4.79 Å². The summed E-state index contributed by atoms with van der Waals surface area (Å²) in [6.07, 6.45) is 5.10. The van der Waals surface area contributed by atoms with Crippen molar-refractivity contribution in [1.29, 1.82) is 0 Å². The molecule has 0 aromatic heterocycles. The van der Waals surface area contributed by atoms with Crippen molar-refractivity contribution in [3.63, 3.8) is 0 Å². The van der Waals surface area contributed by atoms with Crippen LogP contribution in [0.3, 0.4) is 0 Å². The second kappa shape index (κ2) is 8.63. The SMILES string of the molecule is CCCCCC(C)(C)CNCC(=O)N1CCN(C)CC1. The Morgan fingerprint density at radius 1 is 1.15 bits per heavy atom. The van der Waals surface area contributed by atoms with Crippen molar-refractivity contribution in [2.45, 2.75) is 46.5 Å². The highest BCUT2D eigenvalue weighted by atomic mass is 16.2. The number of nitrogens with one attached hydrogen (secondary N) is 1. The third-order valence-corrected chi connectivity index (χ3v) is 4.19. The molecule has 1 amide bonds. The van der Waals surface area contributed by atoms with E-state index in [1.807, 2.05) is 4.90 Å². The van der Waals surface area contributed by atoms with Gasteiger partial charge in [0.25, 0.3) is 0 Å². The van der Waals surface area contributed by atoms with Crippen molar-refractivity contribution in [2.75, 3.05) is 46.3 Å². The Morgan fingerprint density at radius 3 is 2.40 bits per heavy atom. The van der Waals surface area contributed by atoms with Crippen molar-refractivity contribution in [2.24, 2.45) is 5.41 Å². The van der Waals surface area contributed by atoms with Crippen LogP contribution >= 0.6 is 0 Å². The van der Waals surface area contributed by atoms with Gasteiger partial charge in [0.2, 0.25) is 5.91 Å². The van der Waals surface area contributed by atoms with E-state index in [2.05, 4.69) is 38.0 Å². The lowest BCUT2D eigenvalue weighted by atomic mass is 9.87. The molecular weight excluding hydrogens is 250 g/mol. The maximum atomic E-state index is 12.1. The van der Waals surface area contributed by atoms with Crippen LogP contribution in [0.15, 0.2) is 0 Å². The molecule has 1 heterocycles. The molecule has 0 radical (unpaired) electrons. The van der Waals surface area contributed by atoms with Crippen LogP contribution in [-0.2, 0) is 4.79 Å². The summed E-state index contributed by atoms with van der Waals surface area (Å²) in [6, 6.07) is 0. The van der Waals surface area contributed by atoms with E-state index in [-0.39, 0.29) is 11.3 Å². The quantitative estimate of drug-likeness (QED) is 0.692. The summed E-state index contributed by atoms with van der Waals surface area (Å²) < 4.78 is 0. The normalized spacial score (nSPS) is 17.5. The lowest BCUT2D eigenvalue weighted by molar-refractivity contribution is -0.131. The molecule has 4 nitrogen and oxygen atoms in total. The maximum absolute atomic E-state index is 12.1. The van der Waals surface area contributed by atoms with Gasteiger partial charge in [-0.05, 0) is 18.9 Å². The van der Waals surface area contributed by atoms with Crippen molar-refractivity contribution in [1.82, 2.24) is 15.1 Å². The highest BCUT2D eigenvalue weighted by Gasteiger charge is 2.20. The summed E-state index contributed by atoms with van der Waals surface area (Å²) in [7, 11) is 2.11. The third kappa shape index (κ3) is 6.71.